The van der Waals surface area contributed by atoms with E-state index in [1.54, 1.807) is 19.1 Å². The number of carboxylic acids is 2. The van der Waals surface area contributed by atoms with Gasteiger partial charge in [-0.15, -0.1) is 0 Å². The molecule has 1 saturated heterocycles. The van der Waals surface area contributed by atoms with Gasteiger partial charge in [-0.3, -0.25) is 4.72 Å². The zero-order chi connectivity index (χ0) is 27.1. The number of aliphatic carboxylic acids is 1. The van der Waals surface area contributed by atoms with Gasteiger partial charge >= 0.3 is 18.1 Å². The van der Waals surface area contributed by atoms with Crippen molar-refractivity contribution >= 4 is 33.3 Å². The molecule has 2 aromatic carbocycles. The maximum Gasteiger partial charge on any atom is 0.490 e. The van der Waals surface area contributed by atoms with Gasteiger partial charge in [-0.1, -0.05) is 25.3 Å². The van der Waals surface area contributed by atoms with Crippen molar-refractivity contribution in [3.8, 4) is 0 Å². The van der Waals surface area contributed by atoms with Crippen LogP contribution in [0.25, 0.3) is 0 Å². The number of alkyl halides is 3. The molecule has 3 rings (SSSR count). The Hall–Kier alpha value is -3.35. The largest absolute Gasteiger partial charge is 0.490 e. The van der Waals surface area contributed by atoms with Crippen molar-refractivity contribution in [3.63, 3.8) is 0 Å². The Morgan fingerprint density at radius 2 is 1.50 bits per heavy atom. The number of anilines is 2. The van der Waals surface area contributed by atoms with Crippen LogP contribution in [0.3, 0.4) is 0 Å². The minimum Gasteiger partial charge on any atom is -0.478 e. The maximum absolute atomic E-state index is 13.5. The smallest absolute Gasteiger partial charge is 0.478 e. The highest BCUT2D eigenvalue weighted by atomic mass is 32.2. The highest BCUT2D eigenvalue weighted by molar-refractivity contribution is 7.92. The first-order valence-electron chi connectivity index (χ1n) is 10.9. The first-order valence-corrected chi connectivity index (χ1v) is 12.4. The summed E-state index contributed by atoms with van der Waals surface area (Å²) >= 11 is 0. The van der Waals surface area contributed by atoms with Gasteiger partial charge in [0.1, 0.15) is 5.82 Å². The van der Waals surface area contributed by atoms with Crippen LogP contribution in [-0.2, 0) is 14.8 Å². The van der Waals surface area contributed by atoms with Gasteiger partial charge in [0.15, 0.2) is 0 Å². The highest BCUT2D eigenvalue weighted by Gasteiger charge is 2.38. The summed E-state index contributed by atoms with van der Waals surface area (Å²) in [5.74, 6) is -4.54. The van der Waals surface area contributed by atoms with Gasteiger partial charge in [0.2, 0.25) is 0 Å². The molecule has 1 aliphatic heterocycles. The van der Waals surface area contributed by atoms with Gasteiger partial charge in [0.05, 0.1) is 16.1 Å². The van der Waals surface area contributed by atoms with E-state index in [1.807, 2.05) is 0 Å². The topological polar surface area (TPSA) is 124 Å². The third kappa shape index (κ3) is 8.11. The first kappa shape index (κ1) is 28.9. The number of halogens is 4. The van der Waals surface area contributed by atoms with Gasteiger partial charge in [-0.05, 0) is 55.7 Å². The van der Waals surface area contributed by atoms with Gasteiger partial charge in [-0.25, -0.2) is 22.4 Å². The monoisotopic (exact) mass is 534 g/mol. The van der Waals surface area contributed by atoms with Crippen LogP contribution in [0.1, 0.15) is 48.0 Å². The Kier molecular flexibility index (Phi) is 9.68. The number of nitrogens with one attached hydrogen (secondary N) is 1. The summed E-state index contributed by atoms with van der Waals surface area (Å²) in [6.07, 6.45) is 0.325. The average Bonchev–Trinajstić information content (AvgIpc) is 2.75. The summed E-state index contributed by atoms with van der Waals surface area (Å²) in [6.45, 7) is 3.11. The van der Waals surface area contributed by atoms with E-state index in [0.29, 0.717) is 11.3 Å². The number of aryl methyl sites for hydroxylation is 1. The minimum atomic E-state index is -5.08. The number of sulfonamides is 1. The van der Waals surface area contributed by atoms with E-state index in [1.165, 1.54) is 24.6 Å². The van der Waals surface area contributed by atoms with Gasteiger partial charge in [-0.2, -0.15) is 13.2 Å². The van der Waals surface area contributed by atoms with Crippen molar-refractivity contribution in [2.45, 2.75) is 50.1 Å². The van der Waals surface area contributed by atoms with Crippen LogP contribution in [0, 0.1) is 12.7 Å². The molecule has 36 heavy (non-hydrogen) atoms. The zero-order valence-corrected chi connectivity index (χ0v) is 20.1. The van der Waals surface area contributed by atoms with Crippen LogP contribution in [0.2, 0.25) is 0 Å². The van der Waals surface area contributed by atoms with Crippen LogP contribution in [0.4, 0.5) is 28.9 Å². The molecular formula is C23H26F4N2O6S. The molecule has 0 unspecified atom stereocenters. The van der Waals surface area contributed by atoms with Crippen LogP contribution >= 0.6 is 0 Å². The van der Waals surface area contributed by atoms with E-state index in [-0.39, 0.29) is 16.1 Å². The molecule has 0 saturated carbocycles. The van der Waals surface area contributed by atoms with E-state index >= 15 is 0 Å². The summed E-state index contributed by atoms with van der Waals surface area (Å²) < 4.78 is 73.0. The maximum atomic E-state index is 13.5. The predicted octanol–water partition coefficient (Wildman–Crippen LogP) is 5.04. The Morgan fingerprint density at radius 3 is 2.03 bits per heavy atom. The molecule has 1 heterocycles. The minimum absolute atomic E-state index is 0.0433. The number of hydrogen-bond acceptors (Lipinski definition) is 5. The third-order valence-electron chi connectivity index (χ3n) is 5.36. The second-order valence-electron chi connectivity index (χ2n) is 8.11. The second-order valence-corrected chi connectivity index (χ2v) is 9.76. The molecule has 0 bridgehead atoms. The lowest BCUT2D eigenvalue weighted by Crippen LogP contribution is -2.28. The molecular weight excluding hydrogens is 508 g/mol. The summed E-state index contributed by atoms with van der Waals surface area (Å²) in [6, 6.07) is 8.04. The van der Waals surface area contributed by atoms with Crippen molar-refractivity contribution < 1.29 is 45.8 Å². The molecule has 0 aromatic heterocycles. The Balaban J connectivity index is 0.000000572. The quantitative estimate of drug-likeness (QED) is 0.459. The van der Waals surface area contributed by atoms with Crippen molar-refractivity contribution in [3.05, 3.63) is 53.3 Å². The average molecular weight is 535 g/mol. The number of aromatic carboxylic acids is 1. The summed E-state index contributed by atoms with van der Waals surface area (Å²) in [7, 11) is -4.05. The Morgan fingerprint density at radius 1 is 0.944 bits per heavy atom. The summed E-state index contributed by atoms with van der Waals surface area (Å²) in [4.78, 5) is 22.6. The number of carboxylic acid groups (broad SMARTS) is 2. The van der Waals surface area contributed by atoms with E-state index in [9.17, 15) is 35.9 Å². The van der Waals surface area contributed by atoms with E-state index in [2.05, 4.69) is 9.62 Å². The molecule has 1 aliphatic rings. The fourth-order valence-electron chi connectivity index (χ4n) is 3.61. The third-order valence-corrected chi connectivity index (χ3v) is 6.88. The predicted molar refractivity (Wildman–Crippen MR) is 124 cm³/mol. The number of carbonyl (C=O) groups is 2. The molecule has 0 radical (unpaired) electrons. The van der Waals surface area contributed by atoms with Crippen molar-refractivity contribution in [1.82, 2.24) is 0 Å². The van der Waals surface area contributed by atoms with Crippen LogP contribution in [0.15, 0.2) is 41.3 Å². The molecule has 3 N–H and O–H groups in total. The standard InChI is InChI=1S/C21H25FN2O4S.C2HF3O2/c1-15-7-8-16(22)13-20(15)29(27,28)23-17-9-10-19(18(14-17)21(25)26)24-11-5-3-2-4-6-12-24;3-2(4,5)1(6)7/h7-10,13-14,23H,2-6,11-12H2,1H3,(H,25,26);(H,6,7). The number of nitrogens with zero attached hydrogens (tertiary/aromatic N) is 1. The Bertz CT molecular complexity index is 1190. The molecule has 198 valence electrons. The van der Waals surface area contributed by atoms with Crippen LogP contribution < -0.4 is 9.62 Å². The number of benzene rings is 2. The highest BCUT2D eigenvalue weighted by Crippen LogP contribution is 2.28. The fourth-order valence-corrected chi connectivity index (χ4v) is 4.92. The first-order chi connectivity index (χ1) is 16.7. The van der Waals surface area contributed by atoms with E-state index in [0.717, 1.165) is 44.8 Å². The van der Waals surface area contributed by atoms with E-state index in [4.69, 9.17) is 9.90 Å². The Labute approximate surface area is 205 Å². The fraction of sp³-hybridized carbons (Fsp3) is 0.391. The van der Waals surface area contributed by atoms with E-state index < -0.39 is 34.0 Å². The second kappa shape index (κ2) is 12.1. The molecule has 0 amide bonds. The number of rotatable bonds is 5. The SMILES string of the molecule is Cc1ccc(F)cc1S(=O)(=O)Nc1ccc(N2CCCCCCC2)c(C(=O)O)c1.O=C(O)C(F)(F)F. The molecule has 0 aliphatic carbocycles. The molecule has 0 spiro atoms. The summed E-state index contributed by atoms with van der Waals surface area (Å²) in [5, 5.41) is 16.8. The number of hydrogen-bond donors (Lipinski definition) is 3. The zero-order valence-electron chi connectivity index (χ0n) is 19.3. The normalized spacial score (nSPS) is 14.6. The lowest BCUT2D eigenvalue weighted by atomic mass is 10.1. The molecule has 8 nitrogen and oxygen atoms in total. The van der Waals surface area contributed by atoms with Crippen LogP contribution in [-0.4, -0.2) is 49.8 Å². The van der Waals surface area contributed by atoms with Gasteiger partial charge in [0, 0.05) is 18.8 Å². The lowest BCUT2D eigenvalue weighted by molar-refractivity contribution is -0.192. The molecule has 13 heteroatoms. The van der Waals surface area contributed by atoms with Gasteiger partial charge < -0.3 is 15.1 Å². The molecule has 1 fully saturated rings. The lowest BCUT2D eigenvalue weighted by Gasteiger charge is -2.28. The molecule has 2 aromatic rings. The summed E-state index contributed by atoms with van der Waals surface area (Å²) in [5.41, 5.74) is 1.16. The van der Waals surface area contributed by atoms with Crippen molar-refractivity contribution in [2.75, 3.05) is 22.7 Å². The van der Waals surface area contributed by atoms with Crippen molar-refractivity contribution in [1.29, 1.82) is 0 Å². The van der Waals surface area contributed by atoms with Crippen LogP contribution in [0.5, 0.6) is 0 Å². The van der Waals surface area contributed by atoms with Crippen molar-refractivity contribution in [2.24, 2.45) is 0 Å². The molecule has 0 atom stereocenters. The van der Waals surface area contributed by atoms with Gasteiger partial charge in [0.25, 0.3) is 10.0 Å².